The second-order valence-corrected chi connectivity index (χ2v) is 6.69. The zero-order valence-corrected chi connectivity index (χ0v) is 12.5. The fourth-order valence-electron chi connectivity index (χ4n) is 1.85. The summed E-state index contributed by atoms with van der Waals surface area (Å²) < 4.78 is 29.1. The Bertz CT molecular complexity index is 680. The van der Waals surface area contributed by atoms with Gasteiger partial charge >= 0.3 is 0 Å². The van der Waals surface area contributed by atoms with Gasteiger partial charge in [0.25, 0.3) is 11.8 Å². The summed E-state index contributed by atoms with van der Waals surface area (Å²) in [6.45, 7) is 0. The first-order valence-corrected chi connectivity index (χ1v) is 8.14. The number of carbonyl (C=O) groups is 2. The highest BCUT2D eigenvalue weighted by Crippen LogP contribution is 2.39. The summed E-state index contributed by atoms with van der Waals surface area (Å²) in [5.41, 5.74) is -0.227. The number of benzene rings is 1. The number of anilines is 1. The summed E-state index contributed by atoms with van der Waals surface area (Å²) in [4.78, 5) is 23.7. The Hall–Kier alpha value is -1.93. The third-order valence-electron chi connectivity index (χ3n) is 3.17. The van der Waals surface area contributed by atoms with Gasteiger partial charge in [-0.05, 0) is 31.0 Å². The highest BCUT2D eigenvalue weighted by molar-refractivity contribution is 7.89. The lowest BCUT2D eigenvalue weighted by molar-refractivity contribution is -0.128. The lowest BCUT2D eigenvalue weighted by atomic mass is 10.2. The van der Waals surface area contributed by atoms with Gasteiger partial charge in [-0.3, -0.25) is 9.59 Å². The molecule has 0 atom stereocenters. The Labute approximate surface area is 122 Å². The van der Waals surface area contributed by atoms with Crippen molar-refractivity contribution in [2.75, 3.05) is 18.7 Å². The topological polar surface area (TPSA) is 102 Å². The van der Waals surface area contributed by atoms with E-state index in [1.54, 1.807) is 12.1 Å². The molecule has 1 aliphatic carbocycles. The van der Waals surface area contributed by atoms with Crippen molar-refractivity contribution < 1.29 is 22.7 Å². The summed E-state index contributed by atoms with van der Waals surface area (Å²) in [7, 11) is -2.16. The van der Waals surface area contributed by atoms with E-state index in [2.05, 4.69) is 5.32 Å². The molecular weight excluding hydrogens is 296 g/mol. The maximum Gasteiger partial charge on any atom is 0.264 e. The average molecular weight is 312 g/mol. The van der Waals surface area contributed by atoms with Crippen molar-refractivity contribution in [3.05, 3.63) is 29.8 Å². The minimum atomic E-state index is -3.63. The second kappa shape index (κ2) is 5.45. The fourth-order valence-corrected chi connectivity index (χ4v) is 2.30. The van der Waals surface area contributed by atoms with Crippen molar-refractivity contribution in [1.82, 2.24) is 4.72 Å². The normalized spacial score (nSPS) is 16.1. The van der Waals surface area contributed by atoms with Gasteiger partial charge < -0.3 is 10.1 Å². The van der Waals surface area contributed by atoms with E-state index in [-0.39, 0.29) is 11.5 Å². The number of nitrogens with one attached hydrogen (secondary N) is 2. The maximum absolute atomic E-state index is 12.0. The third-order valence-corrected chi connectivity index (χ3v) is 3.73. The zero-order valence-electron chi connectivity index (χ0n) is 11.7. The van der Waals surface area contributed by atoms with Gasteiger partial charge in [-0.25, -0.2) is 13.1 Å². The standard InChI is InChI=1S/C13H16N2O5S/c1-20-13(6-7-13)12(17)14-10-5-3-4-9(8-10)11(16)15-21(2,18)19/h3-5,8H,6-7H2,1-2H3,(H,14,17)(H,15,16). The minimum absolute atomic E-state index is 0.139. The molecule has 0 aromatic heterocycles. The van der Waals surface area contributed by atoms with Crippen LogP contribution in [0.15, 0.2) is 24.3 Å². The molecule has 0 aliphatic heterocycles. The van der Waals surface area contributed by atoms with Gasteiger partial charge in [0.1, 0.15) is 5.60 Å². The van der Waals surface area contributed by atoms with E-state index in [1.807, 2.05) is 4.72 Å². The summed E-state index contributed by atoms with van der Waals surface area (Å²) in [5.74, 6) is -1.02. The zero-order chi connectivity index (χ0) is 15.7. The Kier molecular flexibility index (Phi) is 4.02. The molecular formula is C13H16N2O5S. The molecule has 1 saturated carbocycles. The molecule has 1 aliphatic rings. The van der Waals surface area contributed by atoms with Gasteiger partial charge in [-0.2, -0.15) is 0 Å². The van der Waals surface area contributed by atoms with E-state index in [0.29, 0.717) is 18.5 Å². The summed E-state index contributed by atoms with van der Waals surface area (Å²) in [6.07, 6.45) is 2.21. The van der Waals surface area contributed by atoms with Crippen LogP contribution in [0.1, 0.15) is 23.2 Å². The summed E-state index contributed by atoms with van der Waals surface area (Å²) >= 11 is 0. The molecule has 0 heterocycles. The predicted molar refractivity (Wildman–Crippen MR) is 76.4 cm³/mol. The minimum Gasteiger partial charge on any atom is -0.368 e. The molecule has 7 nitrogen and oxygen atoms in total. The number of hydrogen-bond acceptors (Lipinski definition) is 5. The number of carbonyl (C=O) groups excluding carboxylic acids is 2. The van der Waals surface area contributed by atoms with E-state index in [0.717, 1.165) is 6.26 Å². The molecule has 1 fully saturated rings. The van der Waals surface area contributed by atoms with Crippen molar-refractivity contribution in [3.63, 3.8) is 0 Å². The molecule has 2 amide bonds. The quantitative estimate of drug-likeness (QED) is 0.824. The molecule has 114 valence electrons. The largest absolute Gasteiger partial charge is 0.368 e. The molecule has 2 N–H and O–H groups in total. The number of ether oxygens (including phenoxy) is 1. The van der Waals surface area contributed by atoms with E-state index >= 15 is 0 Å². The van der Waals surface area contributed by atoms with Crippen molar-refractivity contribution >= 4 is 27.5 Å². The van der Waals surface area contributed by atoms with Crippen LogP contribution in [0.2, 0.25) is 0 Å². The van der Waals surface area contributed by atoms with Crippen LogP contribution in [0.3, 0.4) is 0 Å². The van der Waals surface area contributed by atoms with E-state index < -0.39 is 21.5 Å². The number of amides is 2. The van der Waals surface area contributed by atoms with Crippen molar-refractivity contribution in [1.29, 1.82) is 0 Å². The third kappa shape index (κ3) is 3.79. The van der Waals surface area contributed by atoms with E-state index in [9.17, 15) is 18.0 Å². The monoisotopic (exact) mass is 312 g/mol. The molecule has 0 spiro atoms. The fraction of sp³-hybridized carbons (Fsp3) is 0.385. The number of rotatable bonds is 5. The van der Waals surface area contributed by atoms with Crippen LogP contribution in [-0.4, -0.2) is 39.2 Å². The highest BCUT2D eigenvalue weighted by atomic mass is 32.2. The molecule has 0 saturated heterocycles. The molecule has 1 aromatic carbocycles. The van der Waals surface area contributed by atoms with Gasteiger partial charge in [0.05, 0.1) is 6.26 Å². The maximum atomic E-state index is 12.0. The van der Waals surface area contributed by atoms with E-state index in [4.69, 9.17) is 4.74 Å². The molecule has 2 rings (SSSR count). The van der Waals surface area contributed by atoms with Crippen molar-refractivity contribution in [3.8, 4) is 0 Å². The van der Waals surface area contributed by atoms with E-state index in [1.165, 1.54) is 19.2 Å². The molecule has 0 unspecified atom stereocenters. The molecule has 21 heavy (non-hydrogen) atoms. The summed E-state index contributed by atoms with van der Waals surface area (Å²) in [6, 6.07) is 6.03. The first-order valence-electron chi connectivity index (χ1n) is 6.24. The Morgan fingerprint density at radius 1 is 1.29 bits per heavy atom. The second-order valence-electron chi connectivity index (χ2n) is 4.94. The Morgan fingerprint density at radius 3 is 2.48 bits per heavy atom. The Balaban J connectivity index is 2.11. The van der Waals surface area contributed by atoms with Crippen LogP contribution in [0, 0.1) is 0 Å². The molecule has 0 radical (unpaired) electrons. The van der Waals surface area contributed by atoms with Crippen LogP contribution in [-0.2, 0) is 19.6 Å². The molecule has 1 aromatic rings. The SMILES string of the molecule is COC1(C(=O)Nc2cccc(C(=O)NS(C)(=O)=O)c2)CC1. The number of sulfonamides is 1. The smallest absolute Gasteiger partial charge is 0.264 e. The van der Waals surface area contributed by atoms with Crippen LogP contribution in [0.4, 0.5) is 5.69 Å². The van der Waals surface area contributed by atoms with Crippen molar-refractivity contribution in [2.45, 2.75) is 18.4 Å². The van der Waals surface area contributed by atoms with Crippen LogP contribution < -0.4 is 10.0 Å². The Morgan fingerprint density at radius 2 is 1.95 bits per heavy atom. The lowest BCUT2D eigenvalue weighted by Crippen LogP contribution is -2.32. The van der Waals surface area contributed by atoms with Crippen LogP contribution in [0.5, 0.6) is 0 Å². The van der Waals surface area contributed by atoms with Crippen molar-refractivity contribution in [2.24, 2.45) is 0 Å². The number of hydrogen-bond donors (Lipinski definition) is 2. The average Bonchev–Trinajstić information content (AvgIpc) is 3.18. The first kappa shape index (κ1) is 15.5. The van der Waals surface area contributed by atoms with Crippen LogP contribution in [0.25, 0.3) is 0 Å². The van der Waals surface area contributed by atoms with Gasteiger partial charge in [0.15, 0.2) is 0 Å². The first-order chi connectivity index (χ1) is 9.76. The molecule has 8 heteroatoms. The van der Waals surface area contributed by atoms with Gasteiger partial charge in [-0.1, -0.05) is 6.07 Å². The van der Waals surface area contributed by atoms with Gasteiger partial charge in [0, 0.05) is 18.4 Å². The van der Waals surface area contributed by atoms with Gasteiger partial charge in [-0.15, -0.1) is 0 Å². The van der Waals surface area contributed by atoms with Gasteiger partial charge in [0.2, 0.25) is 10.0 Å². The lowest BCUT2D eigenvalue weighted by Gasteiger charge is -2.13. The predicted octanol–water partition coefficient (Wildman–Crippen LogP) is 0.494. The van der Waals surface area contributed by atoms with Crippen LogP contribution >= 0.6 is 0 Å². The summed E-state index contributed by atoms with van der Waals surface area (Å²) in [5, 5.41) is 2.66. The number of methoxy groups -OCH3 is 1. The molecule has 0 bridgehead atoms. The highest BCUT2D eigenvalue weighted by Gasteiger charge is 2.50.